The van der Waals surface area contributed by atoms with Gasteiger partial charge in [0, 0.05) is 24.3 Å². The molecule has 0 fully saturated rings. The Morgan fingerprint density at radius 3 is 2.65 bits per heavy atom. The first-order valence-corrected chi connectivity index (χ1v) is 6.36. The van der Waals surface area contributed by atoms with Crippen molar-refractivity contribution in [3.05, 3.63) is 29.8 Å². The van der Waals surface area contributed by atoms with Crippen LogP contribution < -0.4 is 10.6 Å². The van der Waals surface area contributed by atoms with Gasteiger partial charge in [-0.3, -0.25) is 0 Å². The van der Waals surface area contributed by atoms with E-state index in [0.717, 1.165) is 30.6 Å². The normalized spacial score (nSPS) is 10.2. The number of rotatable bonds is 7. The van der Waals surface area contributed by atoms with Crippen molar-refractivity contribution in [3.8, 4) is 0 Å². The molecule has 0 heterocycles. The lowest BCUT2D eigenvalue weighted by atomic mass is 10.1. The second-order valence-electron chi connectivity index (χ2n) is 3.95. The molecule has 0 saturated heterocycles. The minimum absolute atomic E-state index is 0.134. The summed E-state index contributed by atoms with van der Waals surface area (Å²) in [7, 11) is 0. The van der Waals surface area contributed by atoms with E-state index in [9.17, 15) is 0 Å². The number of hydrogen-bond acceptors (Lipinski definition) is 3. The van der Waals surface area contributed by atoms with E-state index in [0.29, 0.717) is 11.5 Å². The summed E-state index contributed by atoms with van der Waals surface area (Å²) in [6.07, 6.45) is 2.21. The van der Waals surface area contributed by atoms with Crippen LogP contribution in [-0.4, -0.2) is 29.8 Å². The smallest absolute Gasteiger partial charge is 0.106 e. The van der Waals surface area contributed by atoms with Crippen LogP contribution in [0, 0.1) is 0 Å². The van der Waals surface area contributed by atoms with Crippen LogP contribution >= 0.6 is 12.2 Å². The fourth-order valence-electron chi connectivity index (χ4n) is 1.78. The minimum atomic E-state index is 0.134. The lowest BCUT2D eigenvalue weighted by molar-refractivity contribution is 0.301. The Bertz CT molecular complexity index is 368. The number of hydrogen-bond donors (Lipinski definition) is 2. The van der Waals surface area contributed by atoms with Crippen LogP contribution in [0.25, 0.3) is 0 Å². The number of aliphatic hydroxyl groups is 1. The second-order valence-corrected chi connectivity index (χ2v) is 4.39. The minimum Gasteiger partial charge on any atom is -0.395 e. The molecule has 1 rings (SSSR count). The maximum atomic E-state index is 9.12. The van der Waals surface area contributed by atoms with Gasteiger partial charge in [-0.1, -0.05) is 37.7 Å². The highest BCUT2D eigenvalue weighted by Gasteiger charge is 2.11. The van der Waals surface area contributed by atoms with E-state index >= 15 is 0 Å². The van der Waals surface area contributed by atoms with Crippen LogP contribution in [0.4, 0.5) is 5.69 Å². The van der Waals surface area contributed by atoms with Crippen LogP contribution in [0.5, 0.6) is 0 Å². The number of para-hydroxylation sites is 1. The average molecular weight is 252 g/mol. The second kappa shape index (κ2) is 7.25. The summed E-state index contributed by atoms with van der Waals surface area (Å²) in [5.41, 5.74) is 7.62. The number of nitrogens with two attached hydrogens (primary N) is 1. The summed E-state index contributed by atoms with van der Waals surface area (Å²) in [5.74, 6) is 0. The van der Waals surface area contributed by atoms with E-state index in [-0.39, 0.29) is 6.61 Å². The molecule has 0 atom stereocenters. The monoisotopic (exact) mass is 252 g/mol. The lowest BCUT2D eigenvalue weighted by Crippen LogP contribution is -2.30. The Kier molecular flexibility index (Phi) is 5.94. The Morgan fingerprint density at radius 1 is 1.35 bits per heavy atom. The molecule has 0 radical (unpaired) electrons. The number of benzene rings is 1. The van der Waals surface area contributed by atoms with Crippen LogP contribution in [-0.2, 0) is 0 Å². The highest BCUT2D eigenvalue weighted by atomic mass is 32.1. The molecular formula is C13H20N2OS. The average Bonchev–Trinajstić information content (AvgIpc) is 2.34. The summed E-state index contributed by atoms with van der Waals surface area (Å²) in [5, 5.41) is 9.12. The zero-order valence-electron chi connectivity index (χ0n) is 10.2. The molecule has 0 unspecified atom stereocenters. The standard InChI is InChI=1S/C13H20N2OS/c1-2-3-8-15(9-10-16)12-7-5-4-6-11(12)13(14)17/h4-7,16H,2-3,8-10H2,1H3,(H2,14,17). The lowest BCUT2D eigenvalue weighted by Gasteiger charge is -2.26. The Labute approximate surface area is 108 Å². The summed E-state index contributed by atoms with van der Waals surface area (Å²) in [4.78, 5) is 2.54. The third-order valence-corrected chi connectivity index (χ3v) is 2.88. The molecule has 0 saturated carbocycles. The third kappa shape index (κ3) is 3.98. The number of unbranched alkanes of at least 4 members (excludes halogenated alkanes) is 1. The van der Waals surface area contributed by atoms with Gasteiger partial charge in [-0.05, 0) is 18.6 Å². The molecule has 1 aromatic rings. The van der Waals surface area contributed by atoms with Gasteiger partial charge in [0.05, 0.1) is 6.61 Å². The molecule has 0 aliphatic carbocycles. The topological polar surface area (TPSA) is 49.5 Å². The highest BCUT2D eigenvalue weighted by molar-refractivity contribution is 7.80. The van der Waals surface area contributed by atoms with Crippen molar-refractivity contribution in [1.82, 2.24) is 0 Å². The zero-order chi connectivity index (χ0) is 12.7. The number of nitrogens with zero attached hydrogens (tertiary/aromatic N) is 1. The maximum Gasteiger partial charge on any atom is 0.106 e. The number of thiocarbonyl (C=S) groups is 1. The van der Waals surface area contributed by atoms with E-state index in [1.165, 1.54) is 0 Å². The highest BCUT2D eigenvalue weighted by Crippen LogP contribution is 2.20. The summed E-state index contributed by atoms with van der Waals surface area (Å²) in [6.45, 7) is 3.81. The van der Waals surface area contributed by atoms with Gasteiger partial charge in [0.2, 0.25) is 0 Å². The Hall–Kier alpha value is -1.13. The van der Waals surface area contributed by atoms with E-state index in [2.05, 4.69) is 11.8 Å². The zero-order valence-corrected chi connectivity index (χ0v) is 11.0. The van der Waals surface area contributed by atoms with Crippen LogP contribution in [0.2, 0.25) is 0 Å². The van der Waals surface area contributed by atoms with Crippen molar-refractivity contribution >= 4 is 22.9 Å². The first-order valence-electron chi connectivity index (χ1n) is 5.95. The third-order valence-electron chi connectivity index (χ3n) is 2.66. The van der Waals surface area contributed by atoms with E-state index < -0.39 is 0 Å². The van der Waals surface area contributed by atoms with Crippen LogP contribution in [0.1, 0.15) is 25.3 Å². The molecule has 0 spiro atoms. The van der Waals surface area contributed by atoms with Crippen LogP contribution in [0.15, 0.2) is 24.3 Å². The summed E-state index contributed by atoms with van der Waals surface area (Å²) >= 11 is 5.05. The van der Waals surface area contributed by atoms with Gasteiger partial charge in [0.25, 0.3) is 0 Å². The van der Waals surface area contributed by atoms with E-state index in [1.807, 2.05) is 24.3 Å². The van der Waals surface area contributed by atoms with Crippen molar-refractivity contribution in [1.29, 1.82) is 0 Å². The van der Waals surface area contributed by atoms with Gasteiger partial charge >= 0.3 is 0 Å². The summed E-state index contributed by atoms with van der Waals surface area (Å²) in [6, 6.07) is 7.82. The number of anilines is 1. The Morgan fingerprint density at radius 2 is 2.06 bits per heavy atom. The first kappa shape index (κ1) is 13.9. The predicted octanol–water partition coefficient (Wildman–Crippen LogP) is 1.92. The van der Waals surface area contributed by atoms with Gasteiger partial charge in [-0.25, -0.2) is 0 Å². The summed E-state index contributed by atoms with van der Waals surface area (Å²) < 4.78 is 0. The molecule has 3 N–H and O–H groups in total. The molecule has 17 heavy (non-hydrogen) atoms. The molecule has 0 aromatic heterocycles. The SMILES string of the molecule is CCCCN(CCO)c1ccccc1C(N)=S. The molecule has 0 amide bonds. The van der Waals surface area contributed by atoms with Gasteiger partial charge in [0.1, 0.15) is 4.99 Å². The van der Waals surface area contributed by atoms with Crippen molar-refractivity contribution < 1.29 is 5.11 Å². The molecule has 1 aromatic carbocycles. The molecule has 0 aliphatic rings. The van der Waals surface area contributed by atoms with Gasteiger partial charge in [0.15, 0.2) is 0 Å². The van der Waals surface area contributed by atoms with Crippen molar-refractivity contribution in [2.24, 2.45) is 5.73 Å². The quantitative estimate of drug-likeness (QED) is 0.728. The van der Waals surface area contributed by atoms with Crippen molar-refractivity contribution in [2.45, 2.75) is 19.8 Å². The fraction of sp³-hybridized carbons (Fsp3) is 0.462. The fourth-order valence-corrected chi connectivity index (χ4v) is 1.95. The van der Waals surface area contributed by atoms with Crippen molar-refractivity contribution in [3.63, 3.8) is 0 Å². The van der Waals surface area contributed by atoms with E-state index in [1.54, 1.807) is 0 Å². The molecule has 4 heteroatoms. The maximum absolute atomic E-state index is 9.12. The molecule has 0 bridgehead atoms. The first-order chi connectivity index (χ1) is 8.20. The molecule has 94 valence electrons. The predicted molar refractivity (Wildman–Crippen MR) is 76.5 cm³/mol. The van der Waals surface area contributed by atoms with Gasteiger partial charge in [-0.15, -0.1) is 0 Å². The van der Waals surface area contributed by atoms with Gasteiger partial charge in [-0.2, -0.15) is 0 Å². The van der Waals surface area contributed by atoms with Crippen molar-refractivity contribution in [2.75, 3.05) is 24.6 Å². The molecule has 3 nitrogen and oxygen atoms in total. The number of aliphatic hydroxyl groups excluding tert-OH is 1. The largest absolute Gasteiger partial charge is 0.395 e. The van der Waals surface area contributed by atoms with Crippen LogP contribution in [0.3, 0.4) is 0 Å². The van der Waals surface area contributed by atoms with E-state index in [4.69, 9.17) is 23.1 Å². The Balaban J connectivity index is 2.95. The molecular weight excluding hydrogens is 232 g/mol. The van der Waals surface area contributed by atoms with Gasteiger partial charge < -0.3 is 15.7 Å². The molecule has 0 aliphatic heterocycles.